The fourth-order valence-corrected chi connectivity index (χ4v) is 3.69. The van der Waals surface area contributed by atoms with Gasteiger partial charge in [0.2, 0.25) is 12.7 Å². The molecule has 0 spiro atoms. The van der Waals surface area contributed by atoms with Gasteiger partial charge in [-0.3, -0.25) is 4.79 Å². The predicted molar refractivity (Wildman–Crippen MR) is 103 cm³/mol. The second-order valence-electron chi connectivity index (χ2n) is 6.49. The molecule has 1 amide bonds. The smallest absolute Gasteiger partial charge is 0.231 e. The van der Waals surface area contributed by atoms with Gasteiger partial charge in [0.25, 0.3) is 0 Å². The standard InChI is InChI=1S/C19H22N4O3S/c1-27-19-20-6-5-17(21-19)22-7-2-8-23(10-9-22)18(24)12-14-3-4-15-16(11-14)26-13-25-15/h3-6,11H,2,7-10,12-13H2,1H3. The summed E-state index contributed by atoms with van der Waals surface area (Å²) in [6.45, 7) is 3.37. The van der Waals surface area contributed by atoms with Crippen molar-refractivity contribution in [2.75, 3.05) is 44.1 Å². The third-order valence-corrected chi connectivity index (χ3v) is 5.33. The van der Waals surface area contributed by atoms with E-state index in [2.05, 4.69) is 14.9 Å². The predicted octanol–water partition coefficient (Wildman–Crippen LogP) is 2.21. The number of rotatable bonds is 4. The first kappa shape index (κ1) is 17.9. The van der Waals surface area contributed by atoms with Crippen molar-refractivity contribution in [1.82, 2.24) is 14.9 Å². The van der Waals surface area contributed by atoms with Crippen LogP contribution >= 0.6 is 11.8 Å². The van der Waals surface area contributed by atoms with E-state index < -0.39 is 0 Å². The molecular formula is C19H22N4O3S. The van der Waals surface area contributed by atoms with Gasteiger partial charge in [-0.15, -0.1) is 0 Å². The van der Waals surface area contributed by atoms with Crippen molar-refractivity contribution in [2.24, 2.45) is 0 Å². The zero-order valence-electron chi connectivity index (χ0n) is 15.3. The highest BCUT2D eigenvalue weighted by molar-refractivity contribution is 7.98. The van der Waals surface area contributed by atoms with Crippen LogP contribution in [0.1, 0.15) is 12.0 Å². The summed E-state index contributed by atoms with van der Waals surface area (Å²) in [6.07, 6.45) is 5.06. The van der Waals surface area contributed by atoms with Crippen molar-refractivity contribution >= 4 is 23.5 Å². The molecule has 1 aromatic carbocycles. The van der Waals surface area contributed by atoms with E-state index in [0.717, 1.165) is 54.1 Å². The largest absolute Gasteiger partial charge is 0.454 e. The van der Waals surface area contributed by atoms with Crippen molar-refractivity contribution in [1.29, 1.82) is 0 Å². The van der Waals surface area contributed by atoms with Crippen LogP contribution in [0.3, 0.4) is 0 Å². The Kier molecular flexibility index (Phi) is 5.33. The van der Waals surface area contributed by atoms with Crippen LogP contribution in [0.15, 0.2) is 35.6 Å². The number of fused-ring (bicyclic) bond motifs is 1. The zero-order chi connectivity index (χ0) is 18.6. The summed E-state index contributed by atoms with van der Waals surface area (Å²) in [6, 6.07) is 7.63. The Bertz CT molecular complexity index is 832. The molecule has 2 aliphatic rings. The van der Waals surface area contributed by atoms with Gasteiger partial charge in [-0.2, -0.15) is 0 Å². The zero-order valence-corrected chi connectivity index (χ0v) is 16.1. The van der Waals surface area contributed by atoms with Gasteiger partial charge < -0.3 is 19.3 Å². The van der Waals surface area contributed by atoms with Crippen molar-refractivity contribution in [2.45, 2.75) is 18.0 Å². The molecule has 0 N–H and O–H groups in total. The summed E-state index contributed by atoms with van der Waals surface area (Å²) in [5, 5.41) is 0.771. The first-order chi connectivity index (χ1) is 13.2. The quantitative estimate of drug-likeness (QED) is 0.589. The van der Waals surface area contributed by atoms with Crippen molar-refractivity contribution in [3.8, 4) is 11.5 Å². The highest BCUT2D eigenvalue weighted by Crippen LogP contribution is 2.32. The van der Waals surface area contributed by atoms with E-state index in [4.69, 9.17) is 9.47 Å². The number of anilines is 1. The van der Waals surface area contributed by atoms with Crippen LogP contribution in [0.5, 0.6) is 11.5 Å². The first-order valence-electron chi connectivity index (χ1n) is 9.01. The van der Waals surface area contributed by atoms with Crippen LogP contribution < -0.4 is 14.4 Å². The van der Waals surface area contributed by atoms with E-state index in [-0.39, 0.29) is 12.7 Å². The second-order valence-corrected chi connectivity index (χ2v) is 7.26. The van der Waals surface area contributed by atoms with Gasteiger partial charge in [-0.1, -0.05) is 17.8 Å². The van der Waals surface area contributed by atoms with Gasteiger partial charge in [0.15, 0.2) is 16.7 Å². The maximum absolute atomic E-state index is 12.8. The molecular weight excluding hydrogens is 364 g/mol. The van der Waals surface area contributed by atoms with Gasteiger partial charge >= 0.3 is 0 Å². The minimum absolute atomic E-state index is 0.142. The van der Waals surface area contributed by atoms with Gasteiger partial charge in [-0.05, 0) is 36.4 Å². The third kappa shape index (κ3) is 4.10. The fraction of sp³-hybridized carbons (Fsp3) is 0.421. The Morgan fingerprint density at radius 2 is 2.04 bits per heavy atom. The Morgan fingerprint density at radius 3 is 2.93 bits per heavy atom. The number of hydrogen-bond donors (Lipinski definition) is 0. The number of carbonyl (C=O) groups excluding carboxylic acids is 1. The molecule has 4 rings (SSSR count). The number of aromatic nitrogens is 2. The van der Waals surface area contributed by atoms with Crippen LogP contribution in [0.25, 0.3) is 0 Å². The molecule has 1 saturated heterocycles. The summed E-state index contributed by atoms with van der Waals surface area (Å²) in [5.41, 5.74) is 0.950. The molecule has 2 aliphatic heterocycles. The van der Waals surface area contributed by atoms with E-state index in [1.807, 2.05) is 35.4 Å². The van der Waals surface area contributed by atoms with Crippen molar-refractivity contribution in [3.05, 3.63) is 36.0 Å². The Labute approximate surface area is 162 Å². The Morgan fingerprint density at radius 1 is 1.15 bits per heavy atom. The summed E-state index contributed by atoms with van der Waals surface area (Å²) in [7, 11) is 0. The van der Waals surface area contributed by atoms with E-state index in [9.17, 15) is 4.79 Å². The number of amides is 1. The van der Waals surface area contributed by atoms with Crippen LogP contribution in [-0.2, 0) is 11.2 Å². The highest BCUT2D eigenvalue weighted by Gasteiger charge is 2.21. The van der Waals surface area contributed by atoms with Gasteiger partial charge in [0, 0.05) is 32.4 Å². The average molecular weight is 386 g/mol. The summed E-state index contributed by atoms with van der Waals surface area (Å²) in [4.78, 5) is 25.8. The normalized spacial score (nSPS) is 16.3. The van der Waals surface area contributed by atoms with Crippen molar-refractivity contribution in [3.63, 3.8) is 0 Å². The number of thioether (sulfide) groups is 1. The Hall–Kier alpha value is -2.48. The first-order valence-corrected chi connectivity index (χ1v) is 10.2. The van der Waals surface area contributed by atoms with Gasteiger partial charge in [0.05, 0.1) is 6.42 Å². The minimum Gasteiger partial charge on any atom is -0.454 e. The molecule has 0 atom stereocenters. The van der Waals surface area contributed by atoms with Crippen LogP contribution in [0.4, 0.5) is 5.82 Å². The number of nitrogens with zero attached hydrogens (tertiary/aromatic N) is 4. The number of benzene rings is 1. The maximum atomic E-state index is 12.8. The van der Waals surface area contributed by atoms with E-state index >= 15 is 0 Å². The lowest BCUT2D eigenvalue weighted by atomic mass is 10.1. The Balaban J connectivity index is 1.38. The summed E-state index contributed by atoms with van der Waals surface area (Å²) < 4.78 is 10.7. The van der Waals surface area contributed by atoms with Crippen LogP contribution in [0.2, 0.25) is 0 Å². The molecule has 0 aliphatic carbocycles. The number of carbonyl (C=O) groups is 1. The molecule has 0 saturated carbocycles. The molecule has 3 heterocycles. The number of hydrogen-bond acceptors (Lipinski definition) is 7. The molecule has 0 radical (unpaired) electrons. The molecule has 0 bridgehead atoms. The summed E-state index contributed by atoms with van der Waals surface area (Å²) in [5.74, 6) is 2.53. The van der Waals surface area contributed by atoms with E-state index in [1.165, 1.54) is 11.8 Å². The molecule has 1 fully saturated rings. The van der Waals surface area contributed by atoms with E-state index in [0.29, 0.717) is 13.0 Å². The molecule has 8 heteroatoms. The molecule has 7 nitrogen and oxygen atoms in total. The fourth-order valence-electron chi connectivity index (χ4n) is 3.34. The van der Waals surface area contributed by atoms with Gasteiger partial charge in [-0.25, -0.2) is 9.97 Å². The highest BCUT2D eigenvalue weighted by atomic mass is 32.2. The number of ether oxygens (including phenoxy) is 2. The lowest BCUT2D eigenvalue weighted by molar-refractivity contribution is -0.130. The summed E-state index contributed by atoms with van der Waals surface area (Å²) >= 11 is 1.53. The average Bonchev–Trinajstić information content (AvgIpc) is 3.02. The monoisotopic (exact) mass is 386 g/mol. The lowest BCUT2D eigenvalue weighted by Crippen LogP contribution is -2.36. The van der Waals surface area contributed by atoms with Crippen molar-refractivity contribution < 1.29 is 14.3 Å². The molecule has 2 aromatic rings. The van der Waals surface area contributed by atoms with Gasteiger partial charge in [0.1, 0.15) is 5.82 Å². The van der Waals surface area contributed by atoms with E-state index in [1.54, 1.807) is 6.20 Å². The molecule has 0 unspecified atom stereocenters. The lowest BCUT2D eigenvalue weighted by Gasteiger charge is -2.23. The molecule has 142 valence electrons. The second kappa shape index (κ2) is 8.04. The minimum atomic E-state index is 0.142. The molecule has 27 heavy (non-hydrogen) atoms. The third-order valence-electron chi connectivity index (χ3n) is 4.77. The maximum Gasteiger partial charge on any atom is 0.231 e. The van der Waals surface area contributed by atoms with Crippen LogP contribution in [-0.4, -0.2) is 60.0 Å². The van der Waals surface area contributed by atoms with Crippen LogP contribution in [0, 0.1) is 0 Å². The SMILES string of the molecule is CSc1nccc(N2CCCN(C(=O)Cc3ccc4c(c3)OCO4)CC2)n1. The topological polar surface area (TPSA) is 67.8 Å². The molecule has 1 aromatic heterocycles.